The van der Waals surface area contributed by atoms with Crippen molar-refractivity contribution in [3.63, 3.8) is 0 Å². The molecule has 6 heteroatoms. The first-order valence-corrected chi connectivity index (χ1v) is 6.85. The SMILES string of the molecule is Nc1ccn2c(-c3c[c-]ncc3)c(-c3ccccc3)nc2n1.[Y]. The molecule has 0 bridgehead atoms. The van der Waals surface area contributed by atoms with Crippen molar-refractivity contribution in [1.29, 1.82) is 0 Å². The zero-order valence-corrected chi connectivity index (χ0v) is 15.1. The number of aromatic nitrogens is 4. The van der Waals surface area contributed by atoms with Crippen molar-refractivity contribution < 1.29 is 32.7 Å². The molecule has 4 rings (SSSR count). The van der Waals surface area contributed by atoms with Gasteiger partial charge in [-0.1, -0.05) is 42.7 Å². The Bertz CT molecular complexity index is 935. The van der Waals surface area contributed by atoms with Crippen LogP contribution < -0.4 is 5.73 Å². The zero-order valence-electron chi connectivity index (χ0n) is 12.2. The van der Waals surface area contributed by atoms with E-state index in [4.69, 9.17) is 5.73 Å². The summed E-state index contributed by atoms with van der Waals surface area (Å²) < 4.78 is 1.93. The number of nitrogen functional groups attached to an aromatic ring is 1. The summed E-state index contributed by atoms with van der Waals surface area (Å²) in [5.41, 5.74) is 9.60. The van der Waals surface area contributed by atoms with Crippen molar-refractivity contribution in [2.45, 2.75) is 0 Å². The molecule has 0 unspecified atom stereocenters. The van der Waals surface area contributed by atoms with Gasteiger partial charge in [-0.2, -0.15) is 4.98 Å². The van der Waals surface area contributed by atoms with Crippen LogP contribution in [-0.4, -0.2) is 19.4 Å². The summed E-state index contributed by atoms with van der Waals surface area (Å²) in [5.74, 6) is 1.02. The van der Waals surface area contributed by atoms with Gasteiger partial charge in [-0.25, -0.2) is 4.98 Å². The predicted molar refractivity (Wildman–Crippen MR) is 84.9 cm³/mol. The van der Waals surface area contributed by atoms with Gasteiger partial charge in [-0.3, -0.25) is 4.40 Å². The zero-order chi connectivity index (χ0) is 14.9. The Balaban J connectivity index is 0.00000156. The van der Waals surface area contributed by atoms with Crippen molar-refractivity contribution in [1.82, 2.24) is 19.4 Å². The summed E-state index contributed by atoms with van der Waals surface area (Å²) in [6.07, 6.45) is 6.47. The molecule has 1 radical (unpaired) electrons. The maximum atomic E-state index is 5.78. The van der Waals surface area contributed by atoms with Gasteiger partial charge in [0.1, 0.15) is 5.82 Å². The second-order valence-electron chi connectivity index (χ2n) is 4.87. The number of benzene rings is 1. The molecule has 0 aliphatic rings. The minimum absolute atomic E-state index is 0. The van der Waals surface area contributed by atoms with Gasteiger partial charge >= 0.3 is 0 Å². The molecule has 1 aromatic carbocycles. The normalized spacial score (nSPS) is 10.4. The third-order valence-electron chi connectivity index (χ3n) is 3.46. The Morgan fingerprint density at radius 1 is 0.957 bits per heavy atom. The Hall–Kier alpha value is -2.11. The molecule has 0 saturated heterocycles. The van der Waals surface area contributed by atoms with Crippen LogP contribution in [0.5, 0.6) is 0 Å². The minimum Gasteiger partial charge on any atom is -0.394 e. The van der Waals surface area contributed by atoms with Crippen LogP contribution in [0.2, 0.25) is 0 Å². The smallest absolute Gasteiger partial charge is 0.235 e. The topological polar surface area (TPSA) is 69.1 Å². The Kier molecular flexibility index (Phi) is 4.50. The molecule has 3 aromatic heterocycles. The summed E-state index contributed by atoms with van der Waals surface area (Å²) >= 11 is 0. The Labute approximate surface area is 158 Å². The van der Waals surface area contributed by atoms with Gasteiger partial charge in [0.05, 0.1) is 5.69 Å². The molecular formula is C17H12N5Y-. The van der Waals surface area contributed by atoms with Crippen molar-refractivity contribution in [2.24, 2.45) is 0 Å². The van der Waals surface area contributed by atoms with Crippen LogP contribution in [0, 0.1) is 6.20 Å². The third-order valence-corrected chi connectivity index (χ3v) is 3.46. The summed E-state index contributed by atoms with van der Waals surface area (Å²) in [5, 5.41) is 0. The van der Waals surface area contributed by atoms with Crippen LogP contribution in [0.3, 0.4) is 0 Å². The number of imidazole rings is 1. The molecule has 0 aliphatic carbocycles. The van der Waals surface area contributed by atoms with Crippen LogP contribution >= 0.6 is 0 Å². The number of nitrogens with zero attached hydrogens (tertiary/aromatic N) is 4. The first kappa shape index (κ1) is 15.8. The molecule has 0 aliphatic heterocycles. The maximum absolute atomic E-state index is 5.78. The monoisotopic (exact) mass is 375 g/mol. The van der Waals surface area contributed by atoms with E-state index in [2.05, 4.69) is 21.1 Å². The van der Waals surface area contributed by atoms with Gasteiger partial charge in [-0.15, -0.1) is 17.7 Å². The second-order valence-corrected chi connectivity index (χ2v) is 4.87. The van der Waals surface area contributed by atoms with E-state index in [0.29, 0.717) is 11.6 Å². The quantitative estimate of drug-likeness (QED) is 0.547. The molecule has 5 nitrogen and oxygen atoms in total. The van der Waals surface area contributed by atoms with E-state index in [0.717, 1.165) is 22.5 Å². The number of pyridine rings is 1. The molecule has 0 atom stereocenters. The molecule has 0 saturated carbocycles. The minimum atomic E-state index is 0. The van der Waals surface area contributed by atoms with E-state index in [9.17, 15) is 0 Å². The van der Waals surface area contributed by atoms with Crippen LogP contribution in [0.4, 0.5) is 5.82 Å². The summed E-state index contributed by atoms with van der Waals surface area (Å²) in [7, 11) is 0. The molecular weight excluding hydrogens is 363 g/mol. The average molecular weight is 375 g/mol. The van der Waals surface area contributed by atoms with Gasteiger partial charge in [0.25, 0.3) is 0 Å². The van der Waals surface area contributed by atoms with Gasteiger partial charge in [0.2, 0.25) is 5.78 Å². The van der Waals surface area contributed by atoms with Crippen LogP contribution in [-0.2, 0) is 32.7 Å². The predicted octanol–water partition coefficient (Wildman–Crippen LogP) is 2.84. The van der Waals surface area contributed by atoms with Gasteiger partial charge in [0.15, 0.2) is 0 Å². The molecule has 4 aromatic rings. The fourth-order valence-electron chi connectivity index (χ4n) is 2.48. The molecule has 3 heterocycles. The number of hydrogen-bond acceptors (Lipinski definition) is 4. The van der Waals surface area contributed by atoms with E-state index in [1.54, 1.807) is 12.3 Å². The van der Waals surface area contributed by atoms with Gasteiger partial charge < -0.3 is 10.7 Å². The maximum Gasteiger partial charge on any atom is 0.235 e. The fraction of sp³-hybridized carbons (Fsp3) is 0. The first-order valence-electron chi connectivity index (χ1n) is 6.85. The molecule has 0 spiro atoms. The number of anilines is 1. The third kappa shape index (κ3) is 2.90. The van der Waals surface area contributed by atoms with Crippen molar-refractivity contribution in [3.8, 4) is 22.5 Å². The Morgan fingerprint density at radius 2 is 1.78 bits per heavy atom. The largest absolute Gasteiger partial charge is 0.394 e. The molecule has 2 N–H and O–H groups in total. The molecule has 0 amide bonds. The first-order chi connectivity index (χ1) is 10.8. The Morgan fingerprint density at radius 3 is 2.52 bits per heavy atom. The van der Waals surface area contributed by atoms with Crippen LogP contribution in [0.15, 0.2) is 60.9 Å². The summed E-state index contributed by atoms with van der Waals surface area (Å²) in [4.78, 5) is 12.9. The van der Waals surface area contributed by atoms with Crippen molar-refractivity contribution in [3.05, 3.63) is 67.1 Å². The summed E-state index contributed by atoms with van der Waals surface area (Å²) in [6, 6.07) is 15.6. The van der Waals surface area contributed by atoms with Crippen LogP contribution in [0.1, 0.15) is 0 Å². The number of fused-ring (bicyclic) bond motifs is 1. The molecule has 0 fully saturated rings. The van der Waals surface area contributed by atoms with Gasteiger partial charge in [-0.05, 0) is 6.07 Å². The summed E-state index contributed by atoms with van der Waals surface area (Å²) in [6.45, 7) is 0. The molecule has 109 valence electrons. The van der Waals surface area contributed by atoms with Crippen molar-refractivity contribution in [2.75, 3.05) is 5.73 Å². The van der Waals surface area contributed by atoms with E-state index in [-0.39, 0.29) is 32.7 Å². The van der Waals surface area contributed by atoms with E-state index in [1.165, 1.54) is 0 Å². The number of nitrogens with two attached hydrogens (primary N) is 1. The standard InChI is InChI=1S/C17H12N5.Y/c18-14-8-11-22-16(13-6-9-19-10-7-13)15(21-17(22)20-14)12-4-2-1-3-5-12;/h1-9,11H,(H2,18,20,21);/q-1;. The van der Waals surface area contributed by atoms with E-state index >= 15 is 0 Å². The number of rotatable bonds is 2. The van der Waals surface area contributed by atoms with Crippen molar-refractivity contribution >= 4 is 11.6 Å². The van der Waals surface area contributed by atoms with E-state index in [1.807, 2.05) is 53.1 Å². The number of hydrogen-bond donors (Lipinski definition) is 1. The van der Waals surface area contributed by atoms with E-state index < -0.39 is 0 Å². The average Bonchev–Trinajstić information content (AvgIpc) is 2.95. The molecule has 23 heavy (non-hydrogen) atoms. The van der Waals surface area contributed by atoms with Gasteiger partial charge in [0, 0.05) is 50.2 Å². The fourth-order valence-corrected chi connectivity index (χ4v) is 2.48. The second kappa shape index (κ2) is 6.56. The van der Waals surface area contributed by atoms with Crippen LogP contribution in [0.25, 0.3) is 28.3 Å².